The summed E-state index contributed by atoms with van der Waals surface area (Å²) >= 11 is 0. The van der Waals surface area contributed by atoms with Crippen molar-refractivity contribution in [2.75, 3.05) is 13.1 Å². The lowest BCUT2D eigenvalue weighted by Crippen LogP contribution is -2.37. The first-order valence-electron chi connectivity index (χ1n) is 8.50. The SMILES string of the molecule is Cc1cc(S(=O)(=O)NC2CCC(=O)N(CCC(C)C)CC2)n(C)n1. The van der Waals surface area contributed by atoms with E-state index in [-0.39, 0.29) is 17.0 Å². The van der Waals surface area contributed by atoms with Gasteiger partial charge < -0.3 is 4.90 Å². The maximum atomic E-state index is 12.6. The molecule has 7 nitrogen and oxygen atoms in total. The Kier molecular flexibility index (Phi) is 6.03. The van der Waals surface area contributed by atoms with Crippen LogP contribution in [0, 0.1) is 12.8 Å². The van der Waals surface area contributed by atoms with E-state index in [0.717, 1.165) is 13.0 Å². The number of nitrogens with zero attached hydrogens (tertiary/aromatic N) is 3. The summed E-state index contributed by atoms with van der Waals surface area (Å²) in [4.78, 5) is 14.1. The molecule has 1 saturated heterocycles. The number of hydrogen-bond acceptors (Lipinski definition) is 4. The van der Waals surface area contributed by atoms with E-state index < -0.39 is 10.0 Å². The van der Waals surface area contributed by atoms with E-state index in [2.05, 4.69) is 23.7 Å². The zero-order valence-electron chi connectivity index (χ0n) is 14.9. The van der Waals surface area contributed by atoms with E-state index >= 15 is 0 Å². The standard InChI is InChI=1S/C16H28N4O3S/c1-12(2)7-9-20-10-8-14(5-6-15(20)21)18-24(22,23)16-11-13(3)17-19(16)4/h11-12,14,18H,5-10H2,1-4H3. The summed E-state index contributed by atoms with van der Waals surface area (Å²) in [5.41, 5.74) is 0.661. The molecule has 2 heterocycles. The van der Waals surface area contributed by atoms with Crippen LogP contribution in [0.5, 0.6) is 0 Å². The average Bonchev–Trinajstić information content (AvgIpc) is 2.73. The Balaban J connectivity index is 2.01. The molecule has 1 aliphatic rings. The first-order valence-corrected chi connectivity index (χ1v) is 9.98. The number of aromatic nitrogens is 2. The normalized spacial score (nSPS) is 19.8. The van der Waals surface area contributed by atoms with Crippen molar-refractivity contribution in [3.8, 4) is 0 Å². The molecule has 1 fully saturated rings. The molecule has 0 bridgehead atoms. The molecule has 0 spiro atoms. The number of rotatable bonds is 6. The minimum atomic E-state index is -3.63. The van der Waals surface area contributed by atoms with Gasteiger partial charge in [0, 0.05) is 32.6 Å². The number of sulfonamides is 1. The second kappa shape index (κ2) is 7.65. The van der Waals surface area contributed by atoms with Gasteiger partial charge in [0.2, 0.25) is 5.91 Å². The number of hydrogen-bond donors (Lipinski definition) is 1. The molecule has 0 aromatic carbocycles. The van der Waals surface area contributed by atoms with Crippen molar-refractivity contribution < 1.29 is 13.2 Å². The summed E-state index contributed by atoms with van der Waals surface area (Å²) in [7, 11) is -2.01. The Bertz CT molecular complexity index is 681. The monoisotopic (exact) mass is 356 g/mol. The summed E-state index contributed by atoms with van der Waals surface area (Å²) in [6.45, 7) is 7.38. The average molecular weight is 356 g/mol. The number of aryl methyl sites for hydroxylation is 2. The Hall–Kier alpha value is -1.41. The van der Waals surface area contributed by atoms with Crippen LogP contribution in [0.3, 0.4) is 0 Å². The van der Waals surface area contributed by atoms with Crippen LogP contribution < -0.4 is 4.72 Å². The summed E-state index contributed by atoms with van der Waals surface area (Å²) in [5.74, 6) is 0.664. The summed E-state index contributed by atoms with van der Waals surface area (Å²) in [5, 5.41) is 4.25. The number of carbonyl (C=O) groups excluding carboxylic acids is 1. The molecule has 2 rings (SSSR count). The second-order valence-corrected chi connectivity index (χ2v) is 8.62. The van der Waals surface area contributed by atoms with E-state index in [1.165, 1.54) is 4.68 Å². The Morgan fingerprint density at radius 3 is 2.67 bits per heavy atom. The molecule has 1 atom stereocenters. The molecule has 24 heavy (non-hydrogen) atoms. The van der Waals surface area contributed by atoms with Gasteiger partial charge in [0.15, 0.2) is 5.03 Å². The highest BCUT2D eigenvalue weighted by Crippen LogP contribution is 2.17. The van der Waals surface area contributed by atoms with Crippen molar-refractivity contribution in [2.24, 2.45) is 13.0 Å². The molecule has 1 aromatic rings. The fourth-order valence-corrected chi connectivity index (χ4v) is 4.43. The molecular formula is C16H28N4O3S. The van der Waals surface area contributed by atoms with Crippen LogP contribution in [0.25, 0.3) is 0 Å². The lowest BCUT2D eigenvalue weighted by atomic mass is 10.1. The molecule has 0 saturated carbocycles. The molecule has 1 aromatic heterocycles. The lowest BCUT2D eigenvalue weighted by Gasteiger charge is -2.22. The minimum Gasteiger partial charge on any atom is -0.343 e. The predicted octanol–water partition coefficient (Wildman–Crippen LogP) is 1.43. The van der Waals surface area contributed by atoms with Gasteiger partial charge in [0.1, 0.15) is 0 Å². The first-order chi connectivity index (χ1) is 11.2. The summed E-state index contributed by atoms with van der Waals surface area (Å²) in [6.07, 6.45) is 2.53. The van der Waals surface area contributed by atoms with Gasteiger partial charge in [-0.1, -0.05) is 13.8 Å². The van der Waals surface area contributed by atoms with Crippen molar-refractivity contribution >= 4 is 15.9 Å². The van der Waals surface area contributed by atoms with Crippen LogP contribution in [0.15, 0.2) is 11.1 Å². The molecule has 8 heteroatoms. The number of amides is 1. The van der Waals surface area contributed by atoms with E-state index in [9.17, 15) is 13.2 Å². The van der Waals surface area contributed by atoms with Crippen molar-refractivity contribution in [1.82, 2.24) is 19.4 Å². The van der Waals surface area contributed by atoms with Gasteiger partial charge >= 0.3 is 0 Å². The van der Waals surface area contributed by atoms with Crippen LogP contribution >= 0.6 is 0 Å². The second-order valence-electron chi connectivity index (χ2n) is 6.96. The third-order valence-corrected chi connectivity index (χ3v) is 5.92. The lowest BCUT2D eigenvalue weighted by molar-refractivity contribution is -0.130. The number of carbonyl (C=O) groups is 1. The van der Waals surface area contributed by atoms with Gasteiger partial charge in [-0.15, -0.1) is 0 Å². The molecule has 1 N–H and O–H groups in total. The van der Waals surface area contributed by atoms with Crippen molar-refractivity contribution in [2.45, 2.75) is 57.5 Å². The van der Waals surface area contributed by atoms with Crippen molar-refractivity contribution in [3.63, 3.8) is 0 Å². The maximum absolute atomic E-state index is 12.6. The molecule has 1 unspecified atom stereocenters. The Morgan fingerprint density at radius 2 is 2.08 bits per heavy atom. The van der Waals surface area contributed by atoms with Gasteiger partial charge in [-0.2, -0.15) is 5.10 Å². The summed E-state index contributed by atoms with van der Waals surface area (Å²) < 4.78 is 29.2. The van der Waals surface area contributed by atoms with E-state index in [1.807, 2.05) is 4.90 Å². The molecule has 0 aliphatic carbocycles. The van der Waals surface area contributed by atoms with Gasteiger partial charge in [-0.05, 0) is 38.2 Å². The number of likely N-dealkylation sites (tertiary alicyclic amines) is 1. The van der Waals surface area contributed by atoms with Crippen LogP contribution in [-0.2, 0) is 21.9 Å². The van der Waals surface area contributed by atoms with Gasteiger partial charge in [0.25, 0.3) is 10.0 Å². The van der Waals surface area contributed by atoms with E-state index in [4.69, 9.17) is 0 Å². The summed E-state index contributed by atoms with van der Waals surface area (Å²) in [6, 6.07) is 1.33. The highest BCUT2D eigenvalue weighted by molar-refractivity contribution is 7.89. The Labute approximate surface area is 144 Å². The largest absolute Gasteiger partial charge is 0.343 e. The zero-order valence-corrected chi connectivity index (χ0v) is 15.8. The predicted molar refractivity (Wildman–Crippen MR) is 91.9 cm³/mol. The smallest absolute Gasteiger partial charge is 0.257 e. The van der Waals surface area contributed by atoms with Crippen LogP contribution in [0.1, 0.15) is 45.2 Å². The quantitative estimate of drug-likeness (QED) is 0.836. The van der Waals surface area contributed by atoms with E-state index in [1.54, 1.807) is 20.0 Å². The van der Waals surface area contributed by atoms with Crippen molar-refractivity contribution in [3.05, 3.63) is 11.8 Å². The fourth-order valence-electron chi connectivity index (χ4n) is 2.92. The highest BCUT2D eigenvalue weighted by atomic mass is 32.2. The van der Waals surface area contributed by atoms with Gasteiger partial charge in [-0.25, -0.2) is 13.1 Å². The number of nitrogens with one attached hydrogen (secondary N) is 1. The zero-order chi connectivity index (χ0) is 17.9. The van der Waals surface area contributed by atoms with Gasteiger partial charge in [0.05, 0.1) is 5.69 Å². The molecular weight excluding hydrogens is 328 g/mol. The van der Waals surface area contributed by atoms with E-state index in [0.29, 0.717) is 37.4 Å². The Morgan fingerprint density at radius 1 is 1.38 bits per heavy atom. The van der Waals surface area contributed by atoms with Crippen LogP contribution in [0.2, 0.25) is 0 Å². The highest BCUT2D eigenvalue weighted by Gasteiger charge is 2.27. The third kappa shape index (κ3) is 4.80. The third-order valence-electron chi connectivity index (χ3n) is 4.34. The molecule has 1 aliphatic heterocycles. The minimum absolute atomic E-state index is 0.119. The fraction of sp³-hybridized carbons (Fsp3) is 0.750. The molecule has 0 radical (unpaired) electrons. The first kappa shape index (κ1) is 18.9. The molecule has 1 amide bonds. The van der Waals surface area contributed by atoms with Crippen molar-refractivity contribution in [1.29, 1.82) is 0 Å². The topological polar surface area (TPSA) is 84.3 Å². The van der Waals surface area contributed by atoms with Gasteiger partial charge in [-0.3, -0.25) is 9.48 Å². The molecule has 136 valence electrons. The maximum Gasteiger partial charge on any atom is 0.257 e. The van der Waals surface area contributed by atoms with Crippen LogP contribution in [-0.4, -0.2) is 48.1 Å². The van der Waals surface area contributed by atoms with Crippen LogP contribution in [0.4, 0.5) is 0 Å².